The average molecular weight is 257 g/mol. The maximum absolute atomic E-state index is 9.06. The lowest BCUT2D eigenvalue weighted by Gasteiger charge is -2.45. The highest BCUT2D eigenvalue weighted by Crippen LogP contribution is 2.27. The van der Waals surface area contributed by atoms with Gasteiger partial charge in [-0.3, -0.25) is 0 Å². The summed E-state index contributed by atoms with van der Waals surface area (Å²) in [6.45, 7) is 8.55. The van der Waals surface area contributed by atoms with E-state index in [9.17, 15) is 0 Å². The van der Waals surface area contributed by atoms with Crippen LogP contribution in [0.25, 0.3) is 0 Å². The highest BCUT2D eigenvalue weighted by Gasteiger charge is 2.30. The van der Waals surface area contributed by atoms with Gasteiger partial charge in [0.15, 0.2) is 0 Å². The van der Waals surface area contributed by atoms with Crippen molar-refractivity contribution < 1.29 is 0 Å². The second-order valence-electron chi connectivity index (χ2n) is 5.76. The van der Waals surface area contributed by atoms with E-state index in [1.165, 1.54) is 16.8 Å². The van der Waals surface area contributed by atoms with Gasteiger partial charge in [0.05, 0.1) is 18.5 Å². The Morgan fingerprint density at radius 3 is 2.63 bits per heavy atom. The molecule has 0 amide bonds. The molecule has 0 bridgehead atoms. The Labute approximate surface area is 116 Å². The number of aryl methyl sites for hydroxylation is 2. The largest absolute Gasteiger partial charge is 0.362 e. The van der Waals surface area contributed by atoms with E-state index in [2.05, 4.69) is 61.9 Å². The van der Waals surface area contributed by atoms with Crippen molar-refractivity contribution >= 4 is 5.69 Å². The first-order chi connectivity index (χ1) is 9.02. The fourth-order valence-corrected chi connectivity index (χ4v) is 3.04. The second-order valence-corrected chi connectivity index (χ2v) is 5.76. The van der Waals surface area contributed by atoms with E-state index in [1.807, 2.05) is 0 Å². The van der Waals surface area contributed by atoms with Crippen LogP contribution in [0, 0.1) is 25.2 Å². The van der Waals surface area contributed by atoms with E-state index in [0.717, 1.165) is 13.1 Å². The standard InChI is InChI=1S/C16H23N3/c1-12-5-6-15(9-13(12)2)19-14(3)10-18(4)11-16(19)7-8-17/h5-6,9,14,16H,7,10-11H2,1-4H3. The molecule has 102 valence electrons. The van der Waals surface area contributed by atoms with Gasteiger partial charge in [-0.15, -0.1) is 0 Å². The predicted molar refractivity (Wildman–Crippen MR) is 79.4 cm³/mol. The highest BCUT2D eigenvalue weighted by molar-refractivity contribution is 5.53. The number of rotatable bonds is 2. The molecule has 1 aliphatic rings. The minimum atomic E-state index is 0.292. The molecular weight excluding hydrogens is 234 g/mol. The molecule has 0 spiro atoms. The molecule has 1 saturated heterocycles. The van der Waals surface area contributed by atoms with Gasteiger partial charge in [0.2, 0.25) is 0 Å². The zero-order valence-corrected chi connectivity index (χ0v) is 12.3. The van der Waals surface area contributed by atoms with Crippen LogP contribution in [0.15, 0.2) is 18.2 Å². The van der Waals surface area contributed by atoms with Gasteiger partial charge in [-0.25, -0.2) is 0 Å². The second kappa shape index (κ2) is 5.63. The molecule has 1 fully saturated rings. The maximum Gasteiger partial charge on any atom is 0.0643 e. The Morgan fingerprint density at radius 2 is 2.00 bits per heavy atom. The summed E-state index contributed by atoms with van der Waals surface area (Å²) in [5.41, 5.74) is 3.89. The number of nitriles is 1. The summed E-state index contributed by atoms with van der Waals surface area (Å²) in [7, 11) is 2.14. The molecule has 2 unspecified atom stereocenters. The monoisotopic (exact) mass is 257 g/mol. The molecule has 1 aromatic carbocycles. The van der Waals surface area contributed by atoms with Gasteiger partial charge in [0.25, 0.3) is 0 Å². The van der Waals surface area contributed by atoms with Crippen molar-refractivity contribution in [1.82, 2.24) is 4.90 Å². The van der Waals surface area contributed by atoms with E-state index in [4.69, 9.17) is 5.26 Å². The third-order valence-corrected chi connectivity index (χ3v) is 4.08. The van der Waals surface area contributed by atoms with Gasteiger partial charge in [0.1, 0.15) is 0 Å². The van der Waals surface area contributed by atoms with Crippen LogP contribution in [0.4, 0.5) is 5.69 Å². The lowest BCUT2D eigenvalue weighted by Crippen LogP contribution is -2.56. The smallest absolute Gasteiger partial charge is 0.0643 e. The van der Waals surface area contributed by atoms with Gasteiger partial charge in [-0.2, -0.15) is 5.26 Å². The summed E-state index contributed by atoms with van der Waals surface area (Å²) in [5.74, 6) is 0. The zero-order chi connectivity index (χ0) is 14.0. The SMILES string of the molecule is Cc1ccc(N2C(C)CN(C)CC2CC#N)cc1C. The summed E-state index contributed by atoms with van der Waals surface area (Å²) >= 11 is 0. The number of piperazine rings is 1. The molecule has 19 heavy (non-hydrogen) atoms. The highest BCUT2D eigenvalue weighted by atomic mass is 15.3. The predicted octanol–water partition coefficient (Wildman–Crippen LogP) is 2.73. The van der Waals surface area contributed by atoms with Crippen LogP contribution in [0.2, 0.25) is 0 Å². The van der Waals surface area contributed by atoms with Crippen LogP contribution in [-0.2, 0) is 0 Å². The maximum atomic E-state index is 9.06. The van der Waals surface area contributed by atoms with Gasteiger partial charge in [-0.1, -0.05) is 6.07 Å². The fourth-order valence-electron chi connectivity index (χ4n) is 3.04. The quantitative estimate of drug-likeness (QED) is 0.816. The molecule has 0 saturated carbocycles. The van der Waals surface area contributed by atoms with Gasteiger partial charge in [-0.05, 0) is 51.1 Å². The number of hydrogen-bond acceptors (Lipinski definition) is 3. The van der Waals surface area contributed by atoms with Crippen LogP contribution in [0.5, 0.6) is 0 Å². The van der Waals surface area contributed by atoms with E-state index in [1.54, 1.807) is 0 Å². The van der Waals surface area contributed by atoms with Crippen LogP contribution in [0.3, 0.4) is 0 Å². The Balaban J connectivity index is 2.32. The van der Waals surface area contributed by atoms with Crippen LogP contribution in [0.1, 0.15) is 24.5 Å². The fraction of sp³-hybridized carbons (Fsp3) is 0.562. The lowest BCUT2D eigenvalue weighted by molar-refractivity contribution is 0.233. The van der Waals surface area contributed by atoms with Crippen molar-refractivity contribution in [3.63, 3.8) is 0 Å². The number of benzene rings is 1. The van der Waals surface area contributed by atoms with E-state index in [0.29, 0.717) is 18.5 Å². The summed E-state index contributed by atoms with van der Waals surface area (Å²) in [4.78, 5) is 4.75. The Hall–Kier alpha value is -1.53. The summed E-state index contributed by atoms with van der Waals surface area (Å²) in [5, 5.41) is 9.06. The van der Waals surface area contributed by atoms with E-state index in [-0.39, 0.29) is 0 Å². The summed E-state index contributed by atoms with van der Waals surface area (Å²) < 4.78 is 0. The molecule has 2 atom stereocenters. The number of nitrogens with zero attached hydrogens (tertiary/aromatic N) is 3. The first kappa shape index (κ1) is 13.9. The van der Waals surface area contributed by atoms with Crippen molar-refractivity contribution in [2.45, 2.75) is 39.3 Å². The first-order valence-electron chi connectivity index (χ1n) is 6.94. The van der Waals surface area contributed by atoms with Gasteiger partial charge in [0, 0.05) is 24.8 Å². The topological polar surface area (TPSA) is 30.3 Å². The van der Waals surface area contributed by atoms with Crippen molar-refractivity contribution in [3.05, 3.63) is 29.3 Å². The van der Waals surface area contributed by atoms with Crippen molar-refractivity contribution in [2.75, 3.05) is 25.0 Å². The number of likely N-dealkylation sites (N-methyl/N-ethyl adjacent to an activating group) is 1. The normalized spacial score (nSPS) is 24.3. The minimum absolute atomic E-state index is 0.292. The molecule has 1 aliphatic heterocycles. The molecule has 0 aliphatic carbocycles. The van der Waals surface area contributed by atoms with Crippen molar-refractivity contribution in [1.29, 1.82) is 5.26 Å². The van der Waals surface area contributed by atoms with Crippen LogP contribution < -0.4 is 4.90 Å². The third kappa shape index (κ3) is 2.90. The Morgan fingerprint density at radius 1 is 1.26 bits per heavy atom. The lowest BCUT2D eigenvalue weighted by atomic mass is 10.0. The van der Waals surface area contributed by atoms with Crippen LogP contribution >= 0.6 is 0 Å². The Bertz CT molecular complexity index is 489. The summed E-state index contributed by atoms with van der Waals surface area (Å²) in [6, 6.07) is 9.69. The van der Waals surface area contributed by atoms with Gasteiger partial charge < -0.3 is 9.80 Å². The molecule has 1 heterocycles. The van der Waals surface area contributed by atoms with Crippen LogP contribution in [-0.4, -0.2) is 37.1 Å². The molecule has 1 aromatic rings. The Kier molecular flexibility index (Phi) is 4.11. The molecule has 2 rings (SSSR count). The molecule has 3 heteroatoms. The summed E-state index contributed by atoms with van der Waals surface area (Å²) in [6.07, 6.45) is 0.585. The van der Waals surface area contributed by atoms with Crippen molar-refractivity contribution in [2.24, 2.45) is 0 Å². The average Bonchev–Trinajstić information content (AvgIpc) is 2.33. The third-order valence-electron chi connectivity index (χ3n) is 4.08. The molecule has 0 N–H and O–H groups in total. The molecule has 3 nitrogen and oxygen atoms in total. The zero-order valence-electron chi connectivity index (χ0n) is 12.3. The first-order valence-corrected chi connectivity index (χ1v) is 6.94. The molecule has 0 radical (unpaired) electrons. The number of anilines is 1. The van der Waals surface area contributed by atoms with Crippen molar-refractivity contribution in [3.8, 4) is 6.07 Å². The van der Waals surface area contributed by atoms with E-state index >= 15 is 0 Å². The van der Waals surface area contributed by atoms with Gasteiger partial charge >= 0.3 is 0 Å². The van der Waals surface area contributed by atoms with E-state index < -0.39 is 0 Å². The molecular formula is C16H23N3. The molecule has 0 aromatic heterocycles. The number of hydrogen-bond donors (Lipinski definition) is 0. The minimum Gasteiger partial charge on any atom is -0.362 e.